The van der Waals surface area contributed by atoms with Crippen LogP contribution in [0.3, 0.4) is 0 Å². The molecular formula is C29H34ClF3N2O2. The largest absolute Gasteiger partial charge is 0.497 e. The van der Waals surface area contributed by atoms with Crippen LogP contribution < -0.4 is 14.4 Å². The second kappa shape index (κ2) is 13.6. The van der Waals surface area contributed by atoms with E-state index >= 15 is 0 Å². The Balaban J connectivity index is 0.00000380. The summed E-state index contributed by atoms with van der Waals surface area (Å²) in [6.45, 7) is 4.62. The molecule has 4 rings (SSSR count). The third kappa shape index (κ3) is 8.30. The number of nitrogens with zero attached hydrogens (tertiary/aromatic N) is 2. The van der Waals surface area contributed by atoms with Gasteiger partial charge in [0.1, 0.15) is 11.5 Å². The van der Waals surface area contributed by atoms with Crippen molar-refractivity contribution in [3.05, 3.63) is 89.5 Å². The van der Waals surface area contributed by atoms with E-state index in [1.165, 1.54) is 23.3 Å². The van der Waals surface area contributed by atoms with Gasteiger partial charge < -0.3 is 14.4 Å². The van der Waals surface area contributed by atoms with Gasteiger partial charge in [0.25, 0.3) is 0 Å². The zero-order valence-corrected chi connectivity index (χ0v) is 21.9. The van der Waals surface area contributed by atoms with Crippen molar-refractivity contribution < 1.29 is 22.6 Å². The Kier molecular flexibility index (Phi) is 10.5. The molecular weight excluding hydrogens is 501 g/mol. The molecule has 0 atom stereocenters. The van der Waals surface area contributed by atoms with E-state index < -0.39 is 11.7 Å². The number of anilines is 1. The highest BCUT2D eigenvalue weighted by Gasteiger charge is 2.31. The minimum atomic E-state index is -4.31. The molecule has 1 heterocycles. The quantitative estimate of drug-likeness (QED) is 0.277. The van der Waals surface area contributed by atoms with Crippen LogP contribution in [0.25, 0.3) is 0 Å². The van der Waals surface area contributed by atoms with E-state index in [-0.39, 0.29) is 12.4 Å². The minimum absolute atomic E-state index is 0. The topological polar surface area (TPSA) is 24.9 Å². The molecule has 8 heteroatoms. The molecule has 4 nitrogen and oxygen atoms in total. The van der Waals surface area contributed by atoms with Crippen LogP contribution in [-0.2, 0) is 19.0 Å². The third-order valence-electron chi connectivity index (χ3n) is 6.58. The standard InChI is InChI=1S/C29H33F3N2O2.ClH/c1-35-27-11-4-7-23(21-27)13-14-24-8-2-3-12-28(24)36-20-6-15-33-16-18-34(19-17-33)26-10-5-9-25(22-26)29(30,31)32;/h2-5,7-12,21-22H,6,13-20H2,1H3;1H. The SMILES string of the molecule is COc1cccc(CCc2ccccc2OCCCN2CCN(c3cccc(C(F)(F)F)c3)CC2)c1.Cl. The molecule has 200 valence electrons. The van der Waals surface area contributed by atoms with E-state index in [4.69, 9.17) is 9.47 Å². The first-order chi connectivity index (χ1) is 17.4. The Morgan fingerprint density at radius 3 is 2.35 bits per heavy atom. The van der Waals surface area contributed by atoms with E-state index in [1.54, 1.807) is 13.2 Å². The first-order valence-corrected chi connectivity index (χ1v) is 12.4. The number of para-hydroxylation sites is 1. The number of hydrogen-bond donors (Lipinski definition) is 0. The average molecular weight is 535 g/mol. The molecule has 0 aliphatic carbocycles. The number of hydrogen-bond acceptors (Lipinski definition) is 4. The van der Waals surface area contributed by atoms with Gasteiger partial charge in [0, 0.05) is 38.4 Å². The fourth-order valence-corrected chi connectivity index (χ4v) is 4.54. The maximum absolute atomic E-state index is 13.0. The number of aryl methyl sites for hydroxylation is 2. The first kappa shape index (κ1) is 28.7. The smallest absolute Gasteiger partial charge is 0.416 e. The Bertz CT molecular complexity index is 1120. The molecule has 0 radical (unpaired) electrons. The summed E-state index contributed by atoms with van der Waals surface area (Å²) in [6, 6.07) is 21.9. The molecule has 0 bridgehead atoms. The van der Waals surface area contributed by atoms with Crippen LogP contribution >= 0.6 is 12.4 Å². The van der Waals surface area contributed by atoms with Gasteiger partial charge >= 0.3 is 6.18 Å². The number of methoxy groups -OCH3 is 1. The predicted molar refractivity (Wildman–Crippen MR) is 144 cm³/mol. The monoisotopic (exact) mass is 534 g/mol. The van der Waals surface area contributed by atoms with Crippen LogP contribution in [0.1, 0.15) is 23.1 Å². The summed E-state index contributed by atoms with van der Waals surface area (Å²) in [7, 11) is 1.68. The average Bonchev–Trinajstić information content (AvgIpc) is 2.90. The summed E-state index contributed by atoms with van der Waals surface area (Å²) in [4.78, 5) is 4.38. The number of alkyl halides is 3. The van der Waals surface area contributed by atoms with Crippen molar-refractivity contribution in [3.8, 4) is 11.5 Å². The molecule has 1 aliphatic heterocycles. The lowest BCUT2D eigenvalue weighted by Gasteiger charge is -2.36. The molecule has 3 aromatic carbocycles. The predicted octanol–water partition coefficient (Wildman–Crippen LogP) is 6.51. The summed E-state index contributed by atoms with van der Waals surface area (Å²) in [5.41, 5.74) is 2.46. The van der Waals surface area contributed by atoms with Crippen LogP contribution in [0.5, 0.6) is 11.5 Å². The summed E-state index contributed by atoms with van der Waals surface area (Å²) < 4.78 is 50.5. The number of rotatable bonds is 10. The fraction of sp³-hybridized carbons (Fsp3) is 0.379. The molecule has 37 heavy (non-hydrogen) atoms. The Morgan fingerprint density at radius 2 is 1.59 bits per heavy atom. The third-order valence-corrected chi connectivity index (χ3v) is 6.58. The van der Waals surface area contributed by atoms with Crippen molar-refractivity contribution in [1.82, 2.24) is 4.90 Å². The van der Waals surface area contributed by atoms with Gasteiger partial charge in [-0.15, -0.1) is 12.4 Å². The van der Waals surface area contributed by atoms with Crippen LogP contribution in [0.4, 0.5) is 18.9 Å². The Labute approximate surface area is 223 Å². The first-order valence-electron chi connectivity index (χ1n) is 12.4. The Hall–Kier alpha value is -2.90. The summed E-state index contributed by atoms with van der Waals surface area (Å²) >= 11 is 0. The molecule has 0 N–H and O–H groups in total. The van der Waals surface area contributed by atoms with Crippen molar-refractivity contribution in [2.24, 2.45) is 0 Å². The van der Waals surface area contributed by atoms with Gasteiger partial charge in [0.15, 0.2) is 0 Å². The zero-order chi connectivity index (χ0) is 25.4. The van der Waals surface area contributed by atoms with Gasteiger partial charge in [-0.05, 0) is 66.8 Å². The highest BCUT2D eigenvalue weighted by atomic mass is 35.5. The maximum Gasteiger partial charge on any atom is 0.416 e. The Morgan fingerprint density at radius 1 is 0.838 bits per heavy atom. The van der Waals surface area contributed by atoms with Crippen molar-refractivity contribution >= 4 is 18.1 Å². The molecule has 1 aliphatic rings. The number of halogens is 4. The molecule has 0 aromatic heterocycles. The summed E-state index contributed by atoms with van der Waals surface area (Å²) in [5.74, 6) is 1.79. The van der Waals surface area contributed by atoms with E-state index in [9.17, 15) is 13.2 Å². The zero-order valence-electron chi connectivity index (χ0n) is 21.0. The van der Waals surface area contributed by atoms with Crippen molar-refractivity contribution in [2.45, 2.75) is 25.4 Å². The molecule has 1 fully saturated rings. The summed E-state index contributed by atoms with van der Waals surface area (Å²) in [5, 5.41) is 0. The molecule has 0 amide bonds. The van der Waals surface area contributed by atoms with Gasteiger partial charge in [-0.3, -0.25) is 4.90 Å². The second-order valence-electron chi connectivity index (χ2n) is 9.04. The lowest BCUT2D eigenvalue weighted by molar-refractivity contribution is -0.137. The summed E-state index contributed by atoms with van der Waals surface area (Å²) in [6.07, 6.45) is -1.62. The normalized spacial score (nSPS) is 14.2. The highest BCUT2D eigenvalue weighted by molar-refractivity contribution is 5.85. The number of ether oxygens (including phenoxy) is 2. The van der Waals surface area contributed by atoms with Gasteiger partial charge in [-0.2, -0.15) is 13.2 Å². The second-order valence-corrected chi connectivity index (χ2v) is 9.04. The van der Waals surface area contributed by atoms with Crippen LogP contribution in [0, 0.1) is 0 Å². The molecule has 0 unspecified atom stereocenters. The van der Waals surface area contributed by atoms with Gasteiger partial charge in [0.2, 0.25) is 0 Å². The van der Waals surface area contributed by atoms with Crippen molar-refractivity contribution in [3.63, 3.8) is 0 Å². The van der Waals surface area contributed by atoms with Crippen molar-refractivity contribution in [1.29, 1.82) is 0 Å². The van der Waals surface area contributed by atoms with Crippen LogP contribution in [-0.4, -0.2) is 51.3 Å². The lowest BCUT2D eigenvalue weighted by Crippen LogP contribution is -2.46. The maximum atomic E-state index is 13.0. The molecule has 3 aromatic rings. The van der Waals surface area contributed by atoms with Gasteiger partial charge in [0.05, 0.1) is 19.3 Å². The van der Waals surface area contributed by atoms with Crippen LogP contribution in [0.2, 0.25) is 0 Å². The van der Waals surface area contributed by atoms with E-state index in [2.05, 4.69) is 23.1 Å². The molecule has 0 spiro atoms. The van der Waals surface area contributed by atoms with Gasteiger partial charge in [-0.1, -0.05) is 36.4 Å². The lowest BCUT2D eigenvalue weighted by atomic mass is 10.0. The molecule has 1 saturated heterocycles. The highest BCUT2D eigenvalue weighted by Crippen LogP contribution is 2.32. The minimum Gasteiger partial charge on any atom is -0.497 e. The van der Waals surface area contributed by atoms with E-state index in [1.807, 2.05) is 35.2 Å². The van der Waals surface area contributed by atoms with E-state index in [0.29, 0.717) is 12.3 Å². The van der Waals surface area contributed by atoms with Crippen LogP contribution in [0.15, 0.2) is 72.8 Å². The van der Waals surface area contributed by atoms with E-state index in [0.717, 1.165) is 69.6 Å². The van der Waals surface area contributed by atoms with Gasteiger partial charge in [-0.25, -0.2) is 0 Å². The number of benzene rings is 3. The number of piperazine rings is 1. The van der Waals surface area contributed by atoms with Crippen molar-refractivity contribution in [2.75, 3.05) is 51.3 Å². The molecule has 0 saturated carbocycles. The fourth-order valence-electron chi connectivity index (χ4n) is 4.54.